The van der Waals surface area contributed by atoms with E-state index in [0.29, 0.717) is 18.8 Å². The van der Waals surface area contributed by atoms with Crippen molar-refractivity contribution in [2.24, 2.45) is 11.8 Å². The standard InChI is InChI=1S/C18H22F2O3/c1-3-4-12-5-7-13(8-6-12)18(22)23-17-14(11(2)21)9-10-15(19)16(17)20/h9-10,12-13H,3-8H2,1-2H3. The first-order valence-electron chi connectivity index (χ1n) is 8.14. The Morgan fingerprint density at radius 2 is 1.83 bits per heavy atom. The van der Waals surface area contributed by atoms with E-state index in [9.17, 15) is 18.4 Å². The molecule has 0 saturated heterocycles. The van der Waals surface area contributed by atoms with E-state index in [4.69, 9.17) is 4.74 Å². The molecule has 0 heterocycles. The van der Waals surface area contributed by atoms with Crippen LogP contribution < -0.4 is 4.74 Å². The molecule has 0 aliphatic heterocycles. The predicted molar refractivity (Wildman–Crippen MR) is 82.4 cm³/mol. The number of carbonyl (C=O) groups excluding carboxylic acids is 2. The van der Waals surface area contributed by atoms with E-state index in [-0.39, 0.29) is 11.5 Å². The lowest BCUT2D eigenvalue weighted by Gasteiger charge is -2.27. The van der Waals surface area contributed by atoms with E-state index < -0.39 is 29.1 Å². The van der Waals surface area contributed by atoms with Crippen LogP contribution in [0.2, 0.25) is 0 Å². The van der Waals surface area contributed by atoms with Crippen molar-refractivity contribution < 1.29 is 23.1 Å². The molecule has 1 aromatic carbocycles. The molecule has 0 bridgehead atoms. The molecule has 2 rings (SSSR count). The average molecular weight is 324 g/mol. The van der Waals surface area contributed by atoms with Crippen LogP contribution in [-0.2, 0) is 4.79 Å². The van der Waals surface area contributed by atoms with Crippen molar-refractivity contribution >= 4 is 11.8 Å². The quantitative estimate of drug-likeness (QED) is 0.449. The van der Waals surface area contributed by atoms with Crippen molar-refractivity contribution in [2.75, 3.05) is 0 Å². The van der Waals surface area contributed by atoms with Crippen LogP contribution in [0.3, 0.4) is 0 Å². The van der Waals surface area contributed by atoms with Gasteiger partial charge >= 0.3 is 5.97 Å². The summed E-state index contributed by atoms with van der Waals surface area (Å²) in [4.78, 5) is 23.8. The summed E-state index contributed by atoms with van der Waals surface area (Å²) in [5.41, 5.74) is -0.114. The molecule has 1 aliphatic carbocycles. The SMILES string of the molecule is CCCC1CCC(C(=O)Oc2c(C(C)=O)ccc(F)c2F)CC1. The molecular weight excluding hydrogens is 302 g/mol. The largest absolute Gasteiger partial charge is 0.422 e. The number of carbonyl (C=O) groups is 2. The van der Waals surface area contributed by atoms with E-state index in [2.05, 4.69) is 6.92 Å². The summed E-state index contributed by atoms with van der Waals surface area (Å²) in [7, 11) is 0. The van der Waals surface area contributed by atoms with Crippen molar-refractivity contribution in [3.05, 3.63) is 29.3 Å². The van der Waals surface area contributed by atoms with Crippen LogP contribution in [0.15, 0.2) is 12.1 Å². The minimum absolute atomic E-state index is 0.114. The second-order valence-electron chi connectivity index (χ2n) is 6.22. The smallest absolute Gasteiger partial charge is 0.314 e. The molecule has 3 nitrogen and oxygen atoms in total. The minimum atomic E-state index is -1.29. The van der Waals surface area contributed by atoms with Gasteiger partial charge < -0.3 is 4.74 Å². The average Bonchev–Trinajstić information content (AvgIpc) is 2.52. The van der Waals surface area contributed by atoms with Crippen LogP contribution in [0, 0.1) is 23.5 Å². The summed E-state index contributed by atoms with van der Waals surface area (Å²) in [6, 6.07) is 2.00. The molecule has 0 unspecified atom stereocenters. The Bertz CT molecular complexity index is 590. The third-order valence-corrected chi connectivity index (χ3v) is 4.51. The van der Waals surface area contributed by atoms with Crippen LogP contribution in [-0.4, -0.2) is 11.8 Å². The lowest BCUT2D eigenvalue weighted by Crippen LogP contribution is -2.26. The van der Waals surface area contributed by atoms with Gasteiger partial charge in [-0.15, -0.1) is 0 Å². The summed E-state index contributed by atoms with van der Waals surface area (Å²) >= 11 is 0. The Labute approximate surface area is 135 Å². The second kappa shape index (κ2) is 7.66. The fourth-order valence-electron chi connectivity index (χ4n) is 3.19. The zero-order valence-corrected chi connectivity index (χ0v) is 13.5. The molecule has 5 heteroatoms. The molecule has 0 spiro atoms. The van der Waals surface area contributed by atoms with Gasteiger partial charge in [-0.05, 0) is 50.7 Å². The number of esters is 1. The number of halogens is 2. The highest BCUT2D eigenvalue weighted by Crippen LogP contribution is 2.33. The summed E-state index contributed by atoms with van der Waals surface area (Å²) in [5.74, 6) is -3.74. The van der Waals surface area contributed by atoms with Gasteiger partial charge in [0.15, 0.2) is 17.3 Å². The number of hydrogen-bond acceptors (Lipinski definition) is 3. The first-order valence-corrected chi connectivity index (χ1v) is 8.14. The van der Waals surface area contributed by atoms with E-state index in [0.717, 1.165) is 37.8 Å². The Morgan fingerprint density at radius 3 is 2.39 bits per heavy atom. The van der Waals surface area contributed by atoms with Gasteiger partial charge in [0.1, 0.15) is 0 Å². The first-order chi connectivity index (χ1) is 10.9. The zero-order chi connectivity index (χ0) is 17.0. The van der Waals surface area contributed by atoms with Crippen molar-refractivity contribution in [3.8, 4) is 5.75 Å². The summed E-state index contributed by atoms with van der Waals surface area (Å²) < 4.78 is 32.4. The Balaban J connectivity index is 2.09. The van der Waals surface area contributed by atoms with Gasteiger partial charge in [-0.25, -0.2) is 4.39 Å². The molecular formula is C18H22F2O3. The van der Waals surface area contributed by atoms with Crippen LogP contribution in [0.4, 0.5) is 8.78 Å². The lowest BCUT2D eigenvalue weighted by atomic mass is 9.80. The highest BCUT2D eigenvalue weighted by atomic mass is 19.2. The van der Waals surface area contributed by atoms with E-state index >= 15 is 0 Å². The molecule has 1 aromatic rings. The van der Waals surface area contributed by atoms with Crippen molar-refractivity contribution in [2.45, 2.75) is 52.4 Å². The summed E-state index contributed by atoms with van der Waals surface area (Å²) in [6.07, 6.45) is 5.54. The molecule has 0 atom stereocenters. The maximum atomic E-state index is 13.9. The number of benzene rings is 1. The molecule has 0 amide bonds. The maximum Gasteiger partial charge on any atom is 0.314 e. The molecule has 126 valence electrons. The van der Waals surface area contributed by atoms with E-state index in [1.807, 2.05) is 0 Å². The van der Waals surface area contributed by atoms with Gasteiger partial charge in [0, 0.05) is 0 Å². The van der Waals surface area contributed by atoms with Gasteiger partial charge in [0.25, 0.3) is 0 Å². The highest BCUT2D eigenvalue weighted by Gasteiger charge is 2.29. The first kappa shape index (κ1) is 17.6. The van der Waals surface area contributed by atoms with Crippen LogP contribution in [0.25, 0.3) is 0 Å². The molecule has 0 radical (unpaired) electrons. The molecule has 1 aliphatic rings. The Kier molecular flexibility index (Phi) is 5.85. The van der Waals surface area contributed by atoms with Gasteiger partial charge in [-0.3, -0.25) is 9.59 Å². The van der Waals surface area contributed by atoms with Crippen molar-refractivity contribution in [1.29, 1.82) is 0 Å². The van der Waals surface area contributed by atoms with Crippen molar-refractivity contribution in [3.63, 3.8) is 0 Å². The summed E-state index contributed by atoms with van der Waals surface area (Å²) in [6.45, 7) is 3.36. The minimum Gasteiger partial charge on any atom is -0.422 e. The third-order valence-electron chi connectivity index (χ3n) is 4.51. The van der Waals surface area contributed by atoms with E-state index in [1.54, 1.807) is 0 Å². The molecule has 1 saturated carbocycles. The summed E-state index contributed by atoms with van der Waals surface area (Å²) in [5, 5.41) is 0. The third kappa shape index (κ3) is 4.15. The predicted octanol–water partition coefficient (Wildman–Crippen LogP) is 4.68. The molecule has 23 heavy (non-hydrogen) atoms. The Hall–Kier alpha value is -1.78. The van der Waals surface area contributed by atoms with Crippen LogP contribution in [0.1, 0.15) is 62.7 Å². The van der Waals surface area contributed by atoms with E-state index in [1.165, 1.54) is 6.92 Å². The Morgan fingerprint density at radius 1 is 1.17 bits per heavy atom. The number of ketones is 1. The molecule has 0 N–H and O–H groups in total. The monoisotopic (exact) mass is 324 g/mol. The number of ether oxygens (including phenoxy) is 1. The van der Waals surface area contributed by atoms with Crippen LogP contribution in [0.5, 0.6) is 5.75 Å². The van der Waals surface area contributed by atoms with Gasteiger partial charge in [-0.2, -0.15) is 4.39 Å². The molecule has 1 fully saturated rings. The normalized spacial score (nSPS) is 21.0. The fourth-order valence-corrected chi connectivity index (χ4v) is 3.19. The van der Waals surface area contributed by atoms with Crippen molar-refractivity contribution in [1.82, 2.24) is 0 Å². The topological polar surface area (TPSA) is 43.4 Å². The van der Waals surface area contributed by atoms with Gasteiger partial charge in [0.2, 0.25) is 5.82 Å². The number of Topliss-reactive ketones (excluding diaryl/α,β-unsaturated/α-hetero) is 1. The number of hydrogen-bond donors (Lipinski definition) is 0. The maximum absolute atomic E-state index is 13.9. The molecule has 0 aromatic heterocycles. The lowest BCUT2D eigenvalue weighted by molar-refractivity contribution is -0.140. The highest BCUT2D eigenvalue weighted by molar-refractivity contribution is 5.97. The van der Waals surface area contributed by atoms with Gasteiger partial charge in [0.05, 0.1) is 11.5 Å². The zero-order valence-electron chi connectivity index (χ0n) is 13.5. The van der Waals surface area contributed by atoms with Gasteiger partial charge in [-0.1, -0.05) is 19.8 Å². The number of rotatable bonds is 5. The van der Waals surface area contributed by atoms with Crippen LogP contribution >= 0.6 is 0 Å². The fraction of sp³-hybridized carbons (Fsp3) is 0.556. The second-order valence-corrected chi connectivity index (χ2v) is 6.22.